The molecule has 0 amide bonds. The van der Waals surface area contributed by atoms with Gasteiger partial charge in [0.15, 0.2) is 0 Å². The van der Waals surface area contributed by atoms with Crippen LogP contribution in [0.1, 0.15) is 32.3 Å². The summed E-state index contributed by atoms with van der Waals surface area (Å²) in [5, 5.41) is 23.9. The molecule has 5 heteroatoms. The Morgan fingerprint density at radius 1 is 1.50 bits per heavy atom. The van der Waals surface area contributed by atoms with Crippen LogP contribution in [0.2, 0.25) is 0 Å². The molecule has 0 saturated carbocycles. The van der Waals surface area contributed by atoms with Gasteiger partial charge in [0.2, 0.25) is 0 Å². The summed E-state index contributed by atoms with van der Waals surface area (Å²) in [5.74, 6) is 0. The molecule has 0 aromatic heterocycles. The van der Waals surface area contributed by atoms with Gasteiger partial charge < -0.3 is 10.4 Å². The van der Waals surface area contributed by atoms with Crippen molar-refractivity contribution >= 4 is 11.4 Å². The minimum Gasteiger partial charge on any atom is -0.388 e. The number of benzene rings is 1. The SMILES string of the molecule is CCCC(C)(O)CNc1cccc([N+](=O)[O-])c1C. The van der Waals surface area contributed by atoms with Crippen LogP contribution in [0, 0.1) is 17.0 Å². The number of anilines is 1. The minimum absolute atomic E-state index is 0.0927. The molecule has 100 valence electrons. The molecule has 1 aromatic carbocycles. The van der Waals surface area contributed by atoms with Gasteiger partial charge in [0.1, 0.15) is 0 Å². The number of aliphatic hydroxyl groups is 1. The van der Waals surface area contributed by atoms with E-state index in [1.165, 1.54) is 6.07 Å². The van der Waals surface area contributed by atoms with E-state index >= 15 is 0 Å². The zero-order valence-corrected chi connectivity index (χ0v) is 11.1. The van der Waals surface area contributed by atoms with Crippen molar-refractivity contribution in [3.63, 3.8) is 0 Å². The Balaban J connectivity index is 2.80. The average Bonchev–Trinajstić information content (AvgIpc) is 2.27. The molecule has 0 heterocycles. The third-order valence-electron chi connectivity index (χ3n) is 2.95. The number of hydrogen-bond donors (Lipinski definition) is 2. The molecule has 2 N–H and O–H groups in total. The maximum atomic E-state index is 10.8. The fraction of sp³-hybridized carbons (Fsp3) is 0.538. The minimum atomic E-state index is -0.800. The molecule has 0 aliphatic carbocycles. The van der Waals surface area contributed by atoms with Gasteiger partial charge in [-0.3, -0.25) is 10.1 Å². The zero-order valence-electron chi connectivity index (χ0n) is 11.1. The monoisotopic (exact) mass is 252 g/mol. The van der Waals surface area contributed by atoms with E-state index in [1.807, 2.05) is 6.92 Å². The molecule has 1 unspecified atom stereocenters. The Morgan fingerprint density at radius 2 is 2.17 bits per heavy atom. The molecule has 0 aliphatic heterocycles. The van der Waals surface area contributed by atoms with Crippen LogP contribution in [-0.4, -0.2) is 22.2 Å². The Morgan fingerprint density at radius 3 is 2.72 bits per heavy atom. The number of nitrogens with one attached hydrogen (secondary N) is 1. The largest absolute Gasteiger partial charge is 0.388 e. The van der Waals surface area contributed by atoms with E-state index in [9.17, 15) is 15.2 Å². The van der Waals surface area contributed by atoms with Crippen LogP contribution in [0.3, 0.4) is 0 Å². The van der Waals surface area contributed by atoms with Gasteiger partial charge in [-0.25, -0.2) is 0 Å². The van der Waals surface area contributed by atoms with Crippen LogP contribution in [0.25, 0.3) is 0 Å². The molecule has 0 saturated heterocycles. The molecule has 0 radical (unpaired) electrons. The number of nitro groups is 1. The van der Waals surface area contributed by atoms with Gasteiger partial charge >= 0.3 is 0 Å². The highest BCUT2D eigenvalue weighted by Crippen LogP contribution is 2.25. The van der Waals surface area contributed by atoms with Crippen LogP contribution >= 0.6 is 0 Å². The summed E-state index contributed by atoms with van der Waals surface area (Å²) < 4.78 is 0. The molecule has 18 heavy (non-hydrogen) atoms. The molecule has 0 bridgehead atoms. The fourth-order valence-electron chi connectivity index (χ4n) is 1.93. The normalized spacial score (nSPS) is 14.0. The van der Waals surface area contributed by atoms with Gasteiger partial charge in [-0.15, -0.1) is 0 Å². The number of nitro benzene ring substituents is 1. The van der Waals surface area contributed by atoms with Crippen molar-refractivity contribution in [1.29, 1.82) is 0 Å². The summed E-state index contributed by atoms with van der Waals surface area (Å²) in [6.07, 6.45) is 1.58. The highest BCUT2D eigenvalue weighted by molar-refractivity contribution is 5.59. The summed E-state index contributed by atoms with van der Waals surface area (Å²) in [6, 6.07) is 4.90. The van der Waals surface area contributed by atoms with Crippen molar-refractivity contribution in [3.05, 3.63) is 33.9 Å². The average molecular weight is 252 g/mol. The molecular weight excluding hydrogens is 232 g/mol. The van der Waals surface area contributed by atoms with E-state index in [-0.39, 0.29) is 5.69 Å². The van der Waals surface area contributed by atoms with E-state index in [2.05, 4.69) is 5.32 Å². The number of nitrogens with zero attached hydrogens (tertiary/aromatic N) is 1. The van der Waals surface area contributed by atoms with Crippen LogP contribution in [0.5, 0.6) is 0 Å². The fourth-order valence-corrected chi connectivity index (χ4v) is 1.93. The van der Waals surface area contributed by atoms with Gasteiger partial charge in [0.05, 0.1) is 10.5 Å². The molecule has 0 fully saturated rings. The Hall–Kier alpha value is -1.62. The second-order valence-corrected chi connectivity index (χ2v) is 4.81. The predicted molar refractivity (Wildman–Crippen MR) is 71.9 cm³/mol. The van der Waals surface area contributed by atoms with Crippen molar-refractivity contribution in [1.82, 2.24) is 0 Å². The van der Waals surface area contributed by atoms with Gasteiger partial charge in [0, 0.05) is 23.9 Å². The van der Waals surface area contributed by atoms with Crippen molar-refractivity contribution in [2.75, 3.05) is 11.9 Å². The van der Waals surface area contributed by atoms with Crippen LogP contribution in [0.15, 0.2) is 18.2 Å². The van der Waals surface area contributed by atoms with Gasteiger partial charge in [-0.1, -0.05) is 19.4 Å². The zero-order chi connectivity index (χ0) is 13.8. The summed E-state index contributed by atoms with van der Waals surface area (Å²) in [7, 11) is 0. The quantitative estimate of drug-likeness (QED) is 0.603. The van der Waals surface area contributed by atoms with E-state index in [0.717, 1.165) is 6.42 Å². The molecule has 0 aliphatic rings. The standard InChI is InChI=1S/C13H20N2O3/c1-4-8-13(3,16)9-14-11-6-5-7-12(10(11)2)15(17)18/h5-7,14,16H,4,8-9H2,1-3H3. The molecule has 5 nitrogen and oxygen atoms in total. The van der Waals surface area contributed by atoms with E-state index < -0.39 is 10.5 Å². The highest BCUT2D eigenvalue weighted by atomic mass is 16.6. The molecule has 1 atom stereocenters. The third kappa shape index (κ3) is 3.70. The van der Waals surface area contributed by atoms with Crippen molar-refractivity contribution < 1.29 is 10.0 Å². The topological polar surface area (TPSA) is 75.4 Å². The first kappa shape index (κ1) is 14.4. The summed E-state index contributed by atoms with van der Waals surface area (Å²) >= 11 is 0. The van der Waals surface area contributed by atoms with Crippen LogP contribution < -0.4 is 5.32 Å². The van der Waals surface area contributed by atoms with Crippen molar-refractivity contribution in [3.8, 4) is 0 Å². The lowest BCUT2D eigenvalue weighted by atomic mass is 10.0. The molecular formula is C13H20N2O3. The van der Waals surface area contributed by atoms with Gasteiger partial charge in [-0.2, -0.15) is 0 Å². The van der Waals surface area contributed by atoms with Crippen molar-refractivity contribution in [2.24, 2.45) is 0 Å². The molecule has 1 aromatic rings. The van der Waals surface area contributed by atoms with Crippen LogP contribution in [0.4, 0.5) is 11.4 Å². The van der Waals surface area contributed by atoms with E-state index in [4.69, 9.17) is 0 Å². The number of rotatable bonds is 6. The molecule has 0 spiro atoms. The smallest absolute Gasteiger partial charge is 0.274 e. The second-order valence-electron chi connectivity index (χ2n) is 4.81. The van der Waals surface area contributed by atoms with E-state index in [0.29, 0.717) is 24.2 Å². The highest BCUT2D eigenvalue weighted by Gasteiger charge is 2.20. The first-order valence-electron chi connectivity index (χ1n) is 6.07. The van der Waals surface area contributed by atoms with Crippen molar-refractivity contribution in [2.45, 2.75) is 39.2 Å². The Labute approximate surface area is 107 Å². The van der Waals surface area contributed by atoms with Gasteiger partial charge in [-0.05, 0) is 26.3 Å². The number of hydrogen-bond acceptors (Lipinski definition) is 4. The third-order valence-corrected chi connectivity index (χ3v) is 2.95. The predicted octanol–water partition coefficient (Wildman–Crippen LogP) is 2.87. The first-order chi connectivity index (χ1) is 8.37. The van der Waals surface area contributed by atoms with Gasteiger partial charge in [0.25, 0.3) is 5.69 Å². The first-order valence-corrected chi connectivity index (χ1v) is 6.07. The second kappa shape index (κ2) is 5.82. The summed E-state index contributed by atoms with van der Waals surface area (Å²) in [5.41, 5.74) is 0.580. The maximum absolute atomic E-state index is 10.8. The summed E-state index contributed by atoms with van der Waals surface area (Å²) in [4.78, 5) is 10.4. The lowest BCUT2D eigenvalue weighted by Gasteiger charge is -2.24. The summed E-state index contributed by atoms with van der Waals surface area (Å²) in [6.45, 7) is 5.85. The van der Waals surface area contributed by atoms with Crippen LogP contribution in [-0.2, 0) is 0 Å². The lowest BCUT2D eigenvalue weighted by molar-refractivity contribution is -0.385. The Bertz CT molecular complexity index is 430. The lowest BCUT2D eigenvalue weighted by Crippen LogP contribution is -2.33. The molecule has 1 rings (SSSR count). The van der Waals surface area contributed by atoms with E-state index in [1.54, 1.807) is 26.0 Å². The Kier molecular flexibility index (Phi) is 4.67. The maximum Gasteiger partial charge on any atom is 0.274 e.